The number of esters is 1. The summed E-state index contributed by atoms with van der Waals surface area (Å²) in [6.07, 6.45) is 0. The van der Waals surface area contributed by atoms with Gasteiger partial charge in [-0.3, -0.25) is 0 Å². The number of fused-ring (bicyclic) bond motifs is 2. The van der Waals surface area contributed by atoms with Gasteiger partial charge >= 0.3 is 30.8 Å². The van der Waals surface area contributed by atoms with Gasteiger partial charge in [0.15, 0.2) is 0 Å². The summed E-state index contributed by atoms with van der Waals surface area (Å²) >= 11 is 0. The van der Waals surface area contributed by atoms with Crippen LogP contribution in [0.3, 0.4) is 0 Å². The van der Waals surface area contributed by atoms with E-state index >= 15 is 0 Å². The molecular weight excluding hydrogens is 808 g/mol. The molecule has 0 amide bonds. The summed E-state index contributed by atoms with van der Waals surface area (Å²) in [6.45, 7) is 0. The second kappa shape index (κ2) is 20.4. The van der Waals surface area contributed by atoms with Crippen molar-refractivity contribution in [3.05, 3.63) is 230 Å². The monoisotopic (exact) mass is 848 g/mol. The smallest absolute Gasteiger partial charge is 0.870 e. The molecule has 0 aliphatic rings. The Morgan fingerprint density at radius 3 is 1.09 bits per heavy atom. The van der Waals surface area contributed by atoms with Crippen LogP contribution in [0, 0.1) is 0 Å². The van der Waals surface area contributed by atoms with E-state index in [9.17, 15) is 14.7 Å². The number of carbonyl (C=O) groups excluding carboxylic acids is 1. The zero-order valence-corrected chi connectivity index (χ0v) is 35.6. The number of furan rings is 2. The molecule has 10 heteroatoms. The molecule has 65 heavy (non-hydrogen) atoms. The van der Waals surface area contributed by atoms with Gasteiger partial charge in [0.25, 0.3) is 0 Å². The van der Waals surface area contributed by atoms with Gasteiger partial charge < -0.3 is 34.0 Å². The molecule has 2 aromatic heterocycles. The van der Waals surface area contributed by atoms with Crippen LogP contribution in [0.5, 0.6) is 0 Å². The molecule has 10 aromatic rings. The summed E-state index contributed by atoms with van der Waals surface area (Å²) in [5.41, 5.74) is 10.2. The first-order chi connectivity index (χ1) is 30.9. The Hall–Kier alpha value is -8.06. The van der Waals surface area contributed by atoms with Gasteiger partial charge in [-0.05, 0) is 133 Å². The SMILES string of the molecule is COC(=O)c1ccc2cc(-c3ccc(N(c4ccccc4)c4ccccc4)cc3)oc2c1.O=C(O)c1ccc2cc(-c3ccc(N(c4ccccc4)c4ccccc4)cc3)oc2c1.[Li+].[OH-]. The second-order valence-corrected chi connectivity index (χ2v) is 14.6. The molecule has 10 rings (SSSR count). The van der Waals surface area contributed by atoms with Gasteiger partial charge in [-0.1, -0.05) is 84.9 Å². The van der Waals surface area contributed by atoms with Gasteiger partial charge in [0, 0.05) is 56.0 Å². The van der Waals surface area contributed by atoms with E-state index in [0.29, 0.717) is 22.5 Å². The van der Waals surface area contributed by atoms with Crippen molar-refractivity contribution >= 4 is 68.0 Å². The average Bonchev–Trinajstić information content (AvgIpc) is 3.98. The van der Waals surface area contributed by atoms with E-state index in [1.807, 2.05) is 115 Å². The van der Waals surface area contributed by atoms with Crippen molar-refractivity contribution in [2.24, 2.45) is 0 Å². The third-order valence-corrected chi connectivity index (χ3v) is 10.6. The van der Waals surface area contributed by atoms with Crippen LogP contribution >= 0.6 is 0 Å². The molecule has 2 N–H and O–H groups in total. The minimum absolute atomic E-state index is 0. The molecule has 0 aliphatic carbocycles. The minimum atomic E-state index is -0.967. The van der Waals surface area contributed by atoms with Gasteiger partial charge in [-0.15, -0.1) is 0 Å². The van der Waals surface area contributed by atoms with E-state index in [-0.39, 0.29) is 35.9 Å². The molecule has 0 fully saturated rings. The van der Waals surface area contributed by atoms with Crippen molar-refractivity contribution in [2.75, 3.05) is 16.9 Å². The number of carbonyl (C=O) groups is 2. The number of aromatic carboxylic acids is 1. The van der Waals surface area contributed by atoms with Crippen LogP contribution in [-0.2, 0) is 4.74 Å². The Morgan fingerprint density at radius 1 is 0.431 bits per heavy atom. The molecule has 0 saturated heterocycles. The summed E-state index contributed by atoms with van der Waals surface area (Å²) in [5, 5.41) is 11.0. The molecule has 0 aliphatic heterocycles. The molecular formula is C55H41LiN2O7. The number of carboxylic acids is 1. The van der Waals surface area contributed by atoms with Crippen molar-refractivity contribution < 1.29 is 52.6 Å². The predicted octanol–water partition coefficient (Wildman–Crippen LogP) is 11.5. The summed E-state index contributed by atoms with van der Waals surface area (Å²) in [5.74, 6) is 0.108. The van der Waals surface area contributed by atoms with E-state index in [0.717, 1.165) is 61.8 Å². The maximum atomic E-state index is 11.8. The molecule has 8 aromatic carbocycles. The van der Waals surface area contributed by atoms with Crippen LogP contribution in [0.4, 0.5) is 34.1 Å². The molecule has 2 heterocycles. The van der Waals surface area contributed by atoms with Crippen molar-refractivity contribution in [3.8, 4) is 22.6 Å². The number of carboxylic acid groups (broad SMARTS) is 1. The summed E-state index contributed by atoms with van der Waals surface area (Å²) in [6, 6.07) is 71.6. The van der Waals surface area contributed by atoms with Crippen LogP contribution in [0.2, 0.25) is 0 Å². The molecule has 0 saturated carbocycles. The topological polar surface area (TPSA) is 126 Å². The summed E-state index contributed by atoms with van der Waals surface area (Å²) in [4.78, 5) is 27.4. The first-order valence-electron chi connectivity index (χ1n) is 20.3. The van der Waals surface area contributed by atoms with Crippen molar-refractivity contribution in [1.82, 2.24) is 0 Å². The normalized spacial score (nSPS) is 10.5. The number of rotatable bonds is 10. The molecule has 0 bridgehead atoms. The zero-order chi connectivity index (χ0) is 43.1. The molecule has 9 nitrogen and oxygen atoms in total. The predicted molar refractivity (Wildman–Crippen MR) is 253 cm³/mol. The number of ether oxygens (including phenoxy) is 1. The molecule has 0 atom stereocenters. The van der Waals surface area contributed by atoms with Gasteiger partial charge in [0.05, 0.1) is 18.2 Å². The first-order valence-corrected chi connectivity index (χ1v) is 20.3. The van der Waals surface area contributed by atoms with E-state index in [1.54, 1.807) is 30.3 Å². The van der Waals surface area contributed by atoms with E-state index in [1.165, 1.54) is 7.11 Å². The van der Waals surface area contributed by atoms with Crippen molar-refractivity contribution in [3.63, 3.8) is 0 Å². The van der Waals surface area contributed by atoms with Crippen LogP contribution < -0.4 is 28.7 Å². The molecule has 0 unspecified atom stereocenters. The van der Waals surface area contributed by atoms with Crippen LogP contribution in [-0.4, -0.2) is 29.6 Å². The van der Waals surface area contributed by atoms with Crippen LogP contribution in [0.15, 0.2) is 227 Å². The van der Waals surface area contributed by atoms with Crippen LogP contribution in [0.25, 0.3) is 44.6 Å². The summed E-state index contributed by atoms with van der Waals surface area (Å²) in [7, 11) is 1.37. The number of nitrogens with zero attached hydrogens (tertiary/aromatic N) is 2. The number of hydrogen-bond donors (Lipinski definition) is 1. The number of para-hydroxylation sites is 4. The maximum absolute atomic E-state index is 11.8. The van der Waals surface area contributed by atoms with Gasteiger partial charge in [-0.2, -0.15) is 0 Å². The summed E-state index contributed by atoms with van der Waals surface area (Å²) < 4.78 is 16.8. The van der Waals surface area contributed by atoms with Gasteiger partial charge in [0.2, 0.25) is 0 Å². The Kier molecular flexibility index (Phi) is 14.1. The Labute approximate surface area is 387 Å². The number of anilines is 6. The second-order valence-electron chi connectivity index (χ2n) is 14.6. The van der Waals surface area contributed by atoms with Crippen molar-refractivity contribution in [2.45, 2.75) is 0 Å². The number of methoxy groups -OCH3 is 1. The Balaban J connectivity index is 0.000000188. The van der Waals surface area contributed by atoms with Gasteiger partial charge in [0.1, 0.15) is 22.7 Å². The number of benzene rings is 8. The largest absolute Gasteiger partial charge is 1.00 e. The molecule has 0 spiro atoms. The Morgan fingerprint density at radius 2 is 0.754 bits per heavy atom. The Bertz CT molecular complexity index is 3060. The zero-order valence-electron chi connectivity index (χ0n) is 35.6. The van der Waals surface area contributed by atoms with E-state index in [2.05, 4.69) is 82.6 Å². The maximum Gasteiger partial charge on any atom is 1.00 e. The standard InChI is InChI=1S/C28H21NO3.C27H19NO3.Li.H2O/c1-31-28(30)22-13-12-21-18-26(32-27(21)19-22)20-14-16-25(17-15-20)29(23-8-4-2-5-9-23)24-10-6-3-7-11-24;29-27(30)21-12-11-20-17-25(31-26(20)18-21)19-13-15-24(16-14-19)28(22-7-3-1-4-8-22)23-9-5-2-6-10-23;;/h2-19H,1H3;1-18H,(H,29,30);;1H2/q;;+1;/p-1. The molecule has 0 radical (unpaired) electrons. The van der Waals surface area contributed by atoms with E-state index < -0.39 is 5.97 Å². The molecule has 314 valence electrons. The third-order valence-electron chi connectivity index (χ3n) is 10.6. The quantitative estimate of drug-likeness (QED) is 0.106. The minimum Gasteiger partial charge on any atom is -0.870 e. The number of hydrogen-bond acceptors (Lipinski definition) is 8. The third kappa shape index (κ3) is 9.94. The van der Waals surface area contributed by atoms with Crippen molar-refractivity contribution in [1.29, 1.82) is 0 Å². The fraction of sp³-hybridized carbons (Fsp3) is 0.0182. The fourth-order valence-electron chi connectivity index (χ4n) is 7.48. The van der Waals surface area contributed by atoms with Gasteiger partial charge in [-0.25, -0.2) is 9.59 Å². The first kappa shape index (κ1) is 45.0. The van der Waals surface area contributed by atoms with Crippen LogP contribution in [0.1, 0.15) is 20.7 Å². The average molecular weight is 849 g/mol. The fourth-order valence-corrected chi connectivity index (χ4v) is 7.48. The van der Waals surface area contributed by atoms with E-state index in [4.69, 9.17) is 13.6 Å².